The van der Waals surface area contributed by atoms with Crippen molar-refractivity contribution in [1.82, 2.24) is 20.4 Å². The highest BCUT2D eigenvalue weighted by molar-refractivity contribution is 5.92. The van der Waals surface area contributed by atoms with E-state index in [1.54, 1.807) is 0 Å². The first kappa shape index (κ1) is 16.7. The molecule has 3 rings (SSSR count). The second-order valence-corrected chi connectivity index (χ2v) is 6.66. The quantitative estimate of drug-likeness (QED) is 0.857. The van der Waals surface area contributed by atoms with Crippen LogP contribution in [0.25, 0.3) is 0 Å². The van der Waals surface area contributed by atoms with E-state index in [1.807, 2.05) is 6.07 Å². The maximum Gasteiger partial charge on any atom is 0.272 e. The number of hydrogen-bond donors (Lipinski definition) is 2. The fraction of sp³-hybridized carbons (Fsp3) is 0.474. The molecule has 1 aromatic heterocycles. The molecule has 5 heteroatoms. The predicted octanol–water partition coefficient (Wildman–Crippen LogP) is 2.54. The normalized spacial score (nSPS) is 15.8. The predicted molar refractivity (Wildman–Crippen MR) is 94.9 cm³/mol. The zero-order valence-electron chi connectivity index (χ0n) is 14.5. The summed E-state index contributed by atoms with van der Waals surface area (Å²) in [5.41, 5.74) is 4.35. The van der Waals surface area contributed by atoms with Crippen LogP contribution in [0.4, 0.5) is 0 Å². The van der Waals surface area contributed by atoms with Gasteiger partial charge in [-0.25, -0.2) is 0 Å². The van der Waals surface area contributed by atoms with E-state index < -0.39 is 0 Å². The van der Waals surface area contributed by atoms with Gasteiger partial charge in [-0.3, -0.25) is 14.8 Å². The monoisotopic (exact) mass is 326 g/mol. The summed E-state index contributed by atoms with van der Waals surface area (Å²) in [6, 6.07) is 10.6. The van der Waals surface area contributed by atoms with Crippen LogP contribution in [0.15, 0.2) is 30.3 Å². The van der Waals surface area contributed by atoms with Crippen LogP contribution >= 0.6 is 0 Å². The number of fused-ring (bicyclic) bond motifs is 1. The minimum atomic E-state index is -0.0986. The van der Waals surface area contributed by atoms with Gasteiger partial charge in [-0.05, 0) is 37.0 Å². The van der Waals surface area contributed by atoms with Crippen LogP contribution < -0.4 is 5.32 Å². The maximum atomic E-state index is 12.3. The Hall–Kier alpha value is -2.14. The van der Waals surface area contributed by atoms with Crippen molar-refractivity contribution in [2.24, 2.45) is 0 Å². The Morgan fingerprint density at radius 2 is 2.17 bits per heavy atom. The molecule has 1 atom stereocenters. The zero-order chi connectivity index (χ0) is 16.9. The molecule has 128 valence electrons. The molecule has 24 heavy (non-hydrogen) atoms. The summed E-state index contributed by atoms with van der Waals surface area (Å²) in [6.45, 7) is 7.02. The number of hydrogen-bond acceptors (Lipinski definition) is 3. The largest absolute Gasteiger partial charge is 0.347 e. The lowest BCUT2D eigenvalue weighted by Crippen LogP contribution is -2.43. The molecule has 5 nitrogen and oxygen atoms in total. The number of carbonyl (C=O) groups is 1. The molecule has 0 saturated carbocycles. The lowest BCUT2D eigenvalue weighted by atomic mass is 10.00. The molecule has 0 unspecified atom stereocenters. The van der Waals surface area contributed by atoms with Crippen molar-refractivity contribution >= 4 is 5.91 Å². The molecule has 2 aromatic rings. The Bertz CT molecular complexity index is 694. The van der Waals surface area contributed by atoms with Gasteiger partial charge in [0.15, 0.2) is 0 Å². The summed E-state index contributed by atoms with van der Waals surface area (Å²) in [5.74, 6) is -0.0986. The third-order valence-corrected chi connectivity index (χ3v) is 4.50. The highest BCUT2D eigenvalue weighted by atomic mass is 16.2. The summed E-state index contributed by atoms with van der Waals surface area (Å²) in [4.78, 5) is 14.7. The third kappa shape index (κ3) is 4.03. The molecule has 0 fully saturated rings. The fourth-order valence-electron chi connectivity index (χ4n) is 3.32. The van der Waals surface area contributed by atoms with Crippen LogP contribution in [0, 0.1) is 0 Å². The average molecular weight is 326 g/mol. The minimum absolute atomic E-state index is 0.0917. The Morgan fingerprint density at radius 3 is 2.96 bits per heavy atom. The zero-order valence-corrected chi connectivity index (χ0v) is 14.5. The van der Waals surface area contributed by atoms with Crippen LogP contribution in [-0.4, -0.2) is 40.1 Å². The first-order chi connectivity index (χ1) is 11.7. The van der Waals surface area contributed by atoms with E-state index in [0.717, 1.165) is 44.6 Å². The Balaban J connectivity index is 1.52. The lowest BCUT2D eigenvalue weighted by Gasteiger charge is -2.31. The number of nitrogens with one attached hydrogen (secondary N) is 2. The van der Waals surface area contributed by atoms with Crippen molar-refractivity contribution in [3.05, 3.63) is 52.8 Å². The molecule has 0 radical (unpaired) electrons. The second-order valence-electron chi connectivity index (χ2n) is 6.66. The number of aromatic nitrogens is 2. The van der Waals surface area contributed by atoms with E-state index >= 15 is 0 Å². The van der Waals surface area contributed by atoms with Gasteiger partial charge in [0.2, 0.25) is 0 Å². The molecule has 1 aromatic carbocycles. The number of carbonyl (C=O) groups excluding carboxylic acids is 1. The van der Waals surface area contributed by atoms with Gasteiger partial charge in [0.1, 0.15) is 5.69 Å². The standard InChI is InChI=1S/C19H26N4O/c1-3-6-17-11-18(22-21-17)19(24)20-14(2)12-23-10-9-15-7-4-5-8-16(15)13-23/h4-5,7-8,11,14H,3,6,9-10,12-13H2,1-2H3,(H,20,24)(H,21,22)/t14-/m0/s1. The van der Waals surface area contributed by atoms with Crippen LogP contribution in [0.1, 0.15) is 47.6 Å². The molecule has 1 amide bonds. The molecular weight excluding hydrogens is 300 g/mol. The van der Waals surface area contributed by atoms with E-state index in [1.165, 1.54) is 11.1 Å². The van der Waals surface area contributed by atoms with Crippen LogP contribution in [-0.2, 0) is 19.4 Å². The highest BCUT2D eigenvalue weighted by Gasteiger charge is 2.19. The number of aryl methyl sites for hydroxylation is 1. The van der Waals surface area contributed by atoms with E-state index in [9.17, 15) is 4.79 Å². The van der Waals surface area contributed by atoms with Gasteiger partial charge < -0.3 is 5.32 Å². The number of benzene rings is 1. The second kappa shape index (κ2) is 7.62. The van der Waals surface area contributed by atoms with Crippen LogP contribution in [0.3, 0.4) is 0 Å². The lowest BCUT2D eigenvalue weighted by molar-refractivity contribution is 0.0922. The van der Waals surface area contributed by atoms with Gasteiger partial charge in [0.25, 0.3) is 5.91 Å². The third-order valence-electron chi connectivity index (χ3n) is 4.50. The molecule has 1 aliphatic heterocycles. The molecule has 0 bridgehead atoms. The van der Waals surface area contributed by atoms with Crippen molar-refractivity contribution in [3.8, 4) is 0 Å². The Morgan fingerprint density at radius 1 is 1.38 bits per heavy atom. The van der Waals surface area contributed by atoms with Gasteiger partial charge >= 0.3 is 0 Å². The topological polar surface area (TPSA) is 61.0 Å². The first-order valence-electron chi connectivity index (χ1n) is 8.80. The SMILES string of the molecule is CCCc1cc(C(=O)N[C@@H](C)CN2CCc3ccccc3C2)n[nH]1. The fourth-order valence-corrected chi connectivity index (χ4v) is 3.32. The number of nitrogens with zero attached hydrogens (tertiary/aromatic N) is 2. The summed E-state index contributed by atoms with van der Waals surface area (Å²) in [6.07, 6.45) is 3.04. The number of aromatic amines is 1. The van der Waals surface area contributed by atoms with Crippen molar-refractivity contribution < 1.29 is 4.79 Å². The van der Waals surface area contributed by atoms with E-state index in [-0.39, 0.29) is 11.9 Å². The van der Waals surface area contributed by atoms with Crippen molar-refractivity contribution in [1.29, 1.82) is 0 Å². The van der Waals surface area contributed by atoms with Crippen molar-refractivity contribution in [2.45, 2.75) is 45.7 Å². The Kier molecular flexibility index (Phi) is 5.30. The maximum absolute atomic E-state index is 12.3. The first-order valence-corrected chi connectivity index (χ1v) is 8.80. The molecule has 1 aliphatic rings. The van der Waals surface area contributed by atoms with Crippen LogP contribution in [0.2, 0.25) is 0 Å². The molecular formula is C19H26N4O. The van der Waals surface area contributed by atoms with Crippen LogP contribution in [0.5, 0.6) is 0 Å². The van der Waals surface area contributed by atoms with E-state index in [2.05, 4.69) is 58.5 Å². The van der Waals surface area contributed by atoms with Gasteiger partial charge in [-0.2, -0.15) is 5.10 Å². The molecule has 0 spiro atoms. The van der Waals surface area contributed by atoms with Crippen molar-refractivity contribution in [2.75, 3.05) is 13.1 Å². The summed E-state index contributed by atoms with van der Waals surface area (Å²) < 4.78 is 0. The van der Waals surface area contributed by atoms with Gasteiger partial charge in [0.05, 0.1) is 0 Å². The summed E-state index contributed by atoms with van der Waals surface area (Å²) >= 11 is 0. The highest BCUT2D eigenvalue weighted by Crippen LogP contribution is 2.18. The summed E-state index contributed by atoms with van der Waals surface area (Å²) in [5, 5.41) is 10.1. The average Bonchev–Trinajstić information content (AvgIpc) is 3.04. The van der Waals surface area contributed by atoms with Gasteiger partial charge in [-0.1, -0.05) is 37.6 Å². The number of H-pyrrole nitrogens is 1. The minimum Gasteiger partial charge on any atom is -0.347 e. The molecule has 2 heterocycles. The molecule has 2 N–H and O–H groups in total. The van der Waals surface area contributed by atoms with E-state index in [0.29, 0.717) is 5.69 Å². The van der Waals surface area contributed by atoms with E-state index in [4.69, 9.17) is 0 Å². The van der Waals surface area contributed by atoms with Gasteiger partial charge in [-0.15, -0.1) is 0 Å². The summed E-state index contributed by atoms with van der Waals surface area (Å²) in [7, 11) is 0. The Labute approximate surface area is 143 Å². The smallest absolute Gasteiger partial charge is 0.272 e. The molecule has 0 aliphatic carbocycles. The number of amides is 1. The van der Waals surface area contributed by atoms with Gasteiger partial charge in [0, 0.05) is 31.4 Å². The van der Waals surface area contributed by atoms with Crippen molar-refractivity contribution in [3.63, 3.8) is 0 Å². The molecule has 0 saturated heterocycles. The number of rotatable bonds is 6.